The monoisotopic (exact) mass is 211 g/mol. The zero-order valence-electron chi connectivity index (χ0n) is 8.38. The van der Waals surface area contributed by atoms with Gasteiger partial charge in [0.25, 0.3) is 0 Å². The quantitative estimate of drug-likeness (QED) is 0.807. The first-order valence-electron chi connectivity index (χ1n) is 4.83. The highest BCUT2D eigenvalue weighted by Crippen LogP contribution is 2.44. The molecule has 1 aliphatic rings. The van der Waals surface area contributed by atoms with Gasteiger partial charge in [0.1, 0.15) is 5.82 Å². The standard InChI is InChI=1S/C11H14FNS/c1-7-10(6-13-2)9-5-8(12)3-4-11(9)14-7/h3-5,7,10,13H,6H2,1-2H3. The van der Waals surface area contributed by atoms with Crippen molar-refractivity contribution in [3.8, 4) is 0 Å². The Labute approximate surface area is 88.1 Å². The highest BCUT2D eigenvalue weighted by molar-refractivity contribution is 8.00. The first kappa shape index (κ1) is 9.99. The normalized spacial score (nSPS) is 25.1. The summed E-state index contributed by atoms with van der Waals surface area (Å²) in [4.78, 5) is 1.24. The van der Waals surface area contributed by atoms with Crippen LogP contribution < -0.4 is 5.32 Å². The van der Waals surface area contributed by atoms with Gasteiger partial charge in [-0.15, -0.1) is 11.8 Å². The van der Waals surface area contributed by atoms with E-state index in [4.69, 9.17) is 0 Å². The summed E-state index contributed by atoms with van der Waals surface area (Å²) in [5, 5.41) is 3.71. The van der Waals surface area contributed by atoms with Gasteiger partial charge in [0.2, 0.25) is 0 Å². The van der Waals surface area contributed by atoms with Gasteiger partial charge in [-0.25, -0.2) is 4.39 Å². The lowest BCUT2D eigenvalue weighted by molar-refractivity contribution is 0.601. The molecule has 0 bridgehead atoms. The predicted octanol–water partition coefficient (Wildman–Crippen LogP) is 2.62. The number of benzene rings is 1. The van der Waals surface area contributed by atoms with Crippen LogP contribution >= 0.6 is 11.8 Å². The number of likely N-dealkylation sites (N-methyl/N-ethyl adjacent to an activating group) is 1. The van der Waals surface area contributed by atoms with Crippen molar-refractivity contribution in [3.05, 3.63) is 29.6 Å². The van der Waals surface area contributed by atoms with Crippen molar-refractivity contribution in [1.82, 2.24) is 5.32 Å². The number of fused-ring (bicyclic) bond motifs is 1. The van der Waals surface area contributed by atoms with Gasteiger partial charge in [-0.3, -0.25) is 0 Å². The molecule has 1 N–H and O–H groups in total. The van der Waals surface area contributed by atoms with E-state index in [2.05, 4.69) is 12.2 Å². The van der Waals surface area contributed by atoms with Crippen LogP contribution in [0, 0.1) is 5.82 Å². The molecule has 0 saturated carbocycles. The van der Waals surface area contributed by atoms with E-state index in [9.17, 15) is 4.39 Å². The van der Waals surface area contributed by atoms with E-state index in [0.717, 1.165) is 12.1 Å². The minimum Gasteiger partial charge on any atom is -0.319 e. The number of halogens is 1. The molecule has 0 fully saturated rings. The van der Waals surface area contributed by atoms with Crippen LogP contribution in [-0.4, -0.2) is 18.8 Å². The molecule has 14 heavy (non-hydrogen) atoms. The molecule has 3 heteroatoms. The van der Waals surface area contributed by atoms with E-state index in [1.807, 2.05) is 24.9 Å². The first-order chi connectivity index (χ1) is 6.72. The third kappa shape index (κ3) is 1.66. The van der Waals surface area contributed by atoms with E-state index in [-0.39, 0.29) is 5.82 Å². The summed E-state index contributed by atoms with van der Waals surface area (Å²) >= 11 is 1.84. The molecule has 1 heterocycles. The molecule has 1 nitrogen and oxygen atoms in total. The minimum absolute atomic E-state index is 0.125. The van der Waals surface area contributed by atoms with Crippen LogP contribution in [0.4, 0.5) is 4.39 Å². The third-order valence-corrected chi connectivity index (χ3v) is 4.00. The molecule has 0 saturated heterocycles. The fourth-order valence-corrected chi connectivity index (χ4v) is 3.25. The van der Waals surface area contributed by atoms with Gasteiger partial charge in [0.15, 0.2) is 0 Å². The minimum atomic E-state index is -0.125. The molecule has 0 spiro atoms. The smallest absolute Gasteiger partial charge is 0.123 e. The largest absolute Gasteiger partial charge is 0.319 e. The summed E-state index contributed by atoms with van der Waals surface area (Å²) < 4.78 is 13.1. The second kappa shape index (κ2) is 3.91. The Morgan fingerprint density at radius 3 is 3.00 bits per heavy atom. The van der Waals surface area contributed by atoms with Crippen molar-refractivity contribution in [3.63, 3.8) is 0 Å². The fraction of sp³-hybridized carbons (Fsp3) is 0.455. The van der Waals surface area contributed by atoms with Gasteiger partial charge in [0.05, 0.1) is 0 Å². The summed E-state index contributed by atoms with van der Waals surface area (Å²) in [5.74, 6) is 0.315. The van der Waals surface area contributed by atoms with Crippen LogP contribution in [0.25, 0.3) is 0 Å². The molecule has 0 amide bonds. The molecule has 1 aromatic carbocycles. The van der Waals surface area contributed by atoms with E-state index >= 15 is 0 Å². The zero-order valence-corrected chi connectivity index (χ0v) is 9.20. The number of hydrogen-bond acceptors (Lipinski definition) is 2. The molecular weight excluding hydrogens is 197 g/mol. The molecule has 1 aromatic rings. The SMILES string of the molecule is CNCC1c2cc(F)ccc2SC1C. The van der Waals surface area contributed by atoms with Gasteiger partial charge in [-0.05, 0) is 30.8 Å². The first-order valence-corrected chi connectivity index (χ1v) is 5.71. The Balaban J connectivity index is 2.34. The maximum absolute atomic E-state index is 13.1. The van der Waals surface area contributed by atoms with Crippen LogP contribution in [-0.2, 0) is 0 Å². The molecule has 76 valence electrons. The topological polar surface area (TPSA) is 12.0 Å². The Bertz CT molecular complexity index is 340. The Morgan fingerprint density at radius 2 is 2.29 bits per heavy atom. The molecular formula is C11H14FNS. The van der Waals surface area contributed by atoms with E-state index in [1.165, 1.54) is 4.90 Å². The van der Waals surface area contributed by atoms with Crippen LogP contribution in [0.1, 0.15) is 18.4 Å². The molecule has 1 aliphatic heterocycles. The average molecular weight is 211 g/mol. The van der Waals surface area contributed by atoms with Crippen molar-refractivity contribution in [2.75, 3.05) is 13.6 Å². The van der Waals surface area contributed by atoms with Gasteiger partial charge >= 0.3 is 0 Å². The van der Waals surface area contributed by atoms with E-state index in [0.29, 0.717) is 11.2 Å². The van der Waals surface area contributed by atoms with Gasteiger partial charge in [-0.2, -0.15) is 0 Å². The lowest BCUT2D eigenvalue weighted by Crippen LogP contribution is -2.21. The highest BCUT2D eigenvalue weighted by Gasteiger charge is 2.29. The average Bonchev–Trinajstić information content (AvgIpc) is 2.45. The predicted molar refractivity (Wildman–Crippen MR) is 58.4 cm³/mol. The molecule has 0 aliphatic carbocycles. The Morgan fingerprint density at radius 1 is 1.50 bits per heavy atom. The molecule has 2 atom stereocenters. The van der Waals surface area contributed by atoms with Crippen molar-refractivity contribution in [2.24, 2.45) is 0 Å². The van der Waals surface area contributed by atoms with Crippen LogP contribution in [0.15, 0.2) is 23.1 Å². The lowest BCUT2D eigenvalue weighted by Gasteiger charge is -2.14. The lowest BCUT2D eigenvalue weighted by atomic mass is 9.96. The second-order valence-corrected chi connectivity index (χ2v) is 5.09. The summed E-state index contributed by atoms with van der Waals surface area (Å²) in [5.41, 5.74) is 1.16. The van der Waals surface area contributed by atoms with Crippen LogP contribution in [0.2, 0.25) is 0 Å². The summed E-state index contributed by atoms with van der Waals surface area (Å²) in [7, 11) is 1.94. The van der Waals surface area contributed by atoms with Crippen LogP contribution in [0.3, 0.4) is 0 Å². The maximum Gasteiger partial charge on any atom is 0.123 e. The molecule has 2 rings (SSSR count). The Hall–Kier alpha value is -0.540. The van der Waals surface area contributed by atoms with Crippen molar-refractivity contribution in [1.29, 1.82) is 0 Å². The zero-order chi connectivity index (χ0) is 10.1. The summed E-state index contributed by atoms with van der Waals surface area (Å²) in [6, 6.07) is 5.11. The Kier molecular flexibility index (Phi) is 2.79. The number of rotatable bonds is 2. The van der Waals surface area contributed by atoms with E-state index in [1.54, 1.807) is 12.1 Å². The number of nitrogens with one attached hydrogen (secondary N) is 1. The highest BCUT2D eigenvalue weighted by atomic mass is 32.2. The fourth-order valence-electron chi connectivity index (χ4n) is 1.95. The maximum atomic E-state index is 13.1. The number of thioether (sulfide) groups is 1. The van der Waals surface area contributed by atoms with Crippen molar-refractivity contribution in [2.45, 2.75) is 23.0 Å². The molecule has 2 unspecified atom stereocenters. The summed E-state index contributed by atoms with van der Waals surface area (Å²) in [6.07, 6.45) is 0. The van der Waals surface area contributed by atoms with Crippen molar-refractivity contribution >= 4 is 11.8 Å². The third-order valence-electron chi connectivity index (χ3n) is 2.67. The van der Waals surface area contributed by atoms with Gasteiger partial charge in [-0.1, -0.05) is 6.92 Å². The number of hydrogen-bond donors (Lipinski definition) is 1. The molecule has 0 radical (unpaired) electrons. The van der Waals surface area contributed by atoms with Gasteiger partial charge in [0, 0.05) is 22.6 Å². The van der Waals surface area contributed by atoms with Gasteiger partial charge < -0.3 is 5.32 Å². The summed E-state index contributed by atoms with van der Waals surface area (Å²) in [6.45, 7) is 3.12. The van der Waals surface area contributed by atoms with E-state index < -0.39 is 0 Å². The molecule has 0 aromatic heterocycles. The van der Waals surface area contributed by atoms with Crippen molar-refractivity contribution < 1.29 is 4.39 Å². The van der Waals surface area contributed by atoms with Crippen LogP contribution in [0.5, 0.6) is 0 Å². The second-order valence-electron chi connectivity index (χ2n) is 3.67.